The van der Waals surface area contributed by atoms with E-state index in [1.165, 1.54) is 44.9 Å². The highest BCUT2D eigenvalue weighted by molar-refractivity contribution is 5.75. The Bertz CT molecular complexity index is 302. The van der Waals surface area contributed by atoms with E-state index in [1.807, 2.05) is 20.8 Å². The number of hydrogen-bond donors (Lipinski definition) is 0. The van der Waals surface area contributed by atoms with Crippen molar-refractivity contribution in [1.29, 1.82) is 0 Å². The Morgan fingerprint density at radius 2 is 1.45 bits per heavy atom. The number of carbonyl (C=O) groups is 1. The van der Waals surface area contributed by atoms with E-state index in [0.717, 1.165) is 12.8 Å². The lowest BCUT2D eigenvalue weighted by Gasteiger charge is -2.14. The maximum absolute atomic E-state index is 11.5. The molecule has 0 unspecified atom stereocenters. The van der Waals surface area contributed by atoms with Gasteiger partial charge in [-0.2, -0.15) is 0 Å². The van der Waals surface area contributed by atoms with Crippen molar-refractivity contribution in [1.82, 2.24) is 0 Å². The molecule has 0 heterocycles. The third-order valence-corrected chi connectivity index (χ3v) is 3.17. The number of ether oxygens (including phenoxy) is 1. The van der Waals surface area contributed by atoms with Crippen molar-refractivity contribution in [2.75, 3.05) is 6.61 Å². The molecular formula is C18H32O2. The molecule has 0 atom stereocenters. The van der Waals surface area contributed by atoms with Gasteiger partial charge in [-0.25, -0.2) is 0 Å². The zero-order valence-corrected chi connectivity index (χ0v) is 13.9. The Morgan fingerprint density at radius 1 is 0.900 bits per heavy atom. The largest absolute Gasteiger partial charge is 0.452 e. The fraction of sp³-hybridized carbons (Fsp3) is 0.833. The lowest BCUT2D eigenvalue weighted by Crippen LogP contribution is -2.22. The van der Waals surface area contributed by atoms with Crippen LogP contribution < -0.4 is 0 Å². The van der Waals surface area contributed by atoms with Crippen LogP contribution in [0.15, 0.2) is 0 Å². The predicted octanol–water partition coefficient (Wildman–Crippen LogP) is 5.11. The number of rotatable bonds is 9. The van der Waals surface area contributed by atoms with Gasteiger partial charge in [0.2, 0.25) is 0 Å². The second-order valence-corrected chi connectivity index (χ2v) is 6.40. The minimum atomic E-state index is -0.431. The standard InChI is InChI=1S/C18H32O2/c1-5-6-7-8-9-10-11-12-13-14-15-16-20-17(19)18(2,3)4/h5-13,16H2,1-4H3. The quantitative estimate of drug-likeness (QED) is 0.333. The molecule has 0 aromatic rings. The summed E-state index contributed by atoms with van der Waals surface area (Å²) >= 11 is 0. The van der Waals surface area contributed by atoms with Crippen molar-refractivity contribution in [3.63, 3.8) is 0 Å². The molecule has 0 aromatic carbocycles. The summed E-state index contributed by atoms with van der Waals surface area (Å²) in [6.07, 6.45) is 11.5. The van der Waals surface area contributed by atoms with E-state index in [1.54, 1.807) is 0 Å². The zero-order valence-electron chi connectivity index (χ0n) is 13.9. The van der Waals surface area contributed by atoms with Crippen molar-refractivity contribution >= 4 is 5.97 Å². The summed E-state index contributed by atoms with van der Waals surface area (Å²) in [5.74, 6) is 5.81. The van der Waals surface area contributed by atoms with Gasteiger partial charge in [-0.05, 0) is 27.2 Å². The summed E-state index contributed by atoms with van der Waals surface area (Å²) in [6, 6.07) is 0. The third-order valence-electron chi connectivity index (χ3n) is 3.17. The Kier molecular flexibility index (Phi) is 11.3. The summed E-state index contributed by atoms with van der Waals surface area (Å²) in [5.41, 5.74) is -0.431. The van der Waals surface area contributed by atoms with Gasteiger partial charge in [-0.3, -0.25) is 4.79 Å². The predicted molar refractivity (Wildman–Crippen MR) is 85.4 cm³/mol. The molecule has 0 bridgehead atoms. The summed E-state index contributed by atoms with van der Waals surface area (Å²) < 4.78 is 5.08. The van der Waals surface area contributed by atoms with Gasteiger partial charge in [0.1, 0.15) is 0 Å². The fourth-order valence-electron chi connectivity index (χ4n) is 1.80. The minimum absolute atomic E-state index is 0.182. The molecule has 2 heteroatoms. The fourth-order valence-corrected chi connectivity index (χ4v) is 1.80. The summed E-state index contributed by atoms with van der Waals surface area (Å²) in [6.45, 7) is 8.03. The SMILES string of the molecule is CCCCCCCCCCC#CCOC(=O)C(C)(C)C. The van der Waals surface area contributed by atoms with Gasteiger partial charge in [0.15, 0.2) is 6.61 Å². The van der Waals surface area contributed by atoms with Gasteiger partial charge in [0, 0.05) is 6.42 Å². The van der Waals surface area contributed by atoms with E-state index in [-0.39, 0.29) is 12.6 Å². The highest BCUT2D eigenvalue weighted by Crippen LogP contribution is 2.14. The van der Waals surface area contributed by atoms with Crippen LogP contribution in [0.4, 0.5) is 0 Å². The molecule has 0 aliphatic heterocycles. The van der Waals surface area contributed by atoms with E-state index in [9.17, 15) is 4.79 Å². The van der Waals surface area contributed by atoms with Gasteiger partial charge in [-0.1, -0.05) is 63.7 Å². The average Bonchev–Trinajstić information content (AvgIpc) is 2.38. The Balaban J connectivity index is 3.36. The van der Waals surface area contributed by atoms with Gasteiger partial charge < -0.3 is 4.74 Å². The van der Waals surface area contributed by atoms with Gasteiger partial charge in [0.05, 0.1) is 5.41 Å². The van der Waals surface area contributed by atoms with E-state index >= 15 is 0 Å². The molecule has 0 rings (SSSR count). The molecule has 2 nitrogen and oxygen atoms in total. The molecule has 20 heavy (non-hydrogen) atoms. The van der Waals surface area contributed by atoms with Crippen LogP contribution in [0.5, 0.6) is 0 Å². The zero-order chi connectivity index (χ0) is 15.3. The lowest BCUT2D eigenvalue weighted by molar-refractivity contribution is -0.151. The Morgan fingerprint density at radius 3 is 2.00 bits per heavy atom. The highest BCUT2D eigenvalue weighted by Gasteiger charge is 2.22. The molecule has 0 saturated carbocycles. The Hall–Kier alpha value is -0.970. The average molecular weight is 280 g/mol. The number of esters is 1. The van der Waals surface area contributed by atoms with Crippen LogP contribution >= 0.6 is 0 Å². The van der Waals surface area contributed by atoms with Crippen LogP contribution in [-0.4, -0.2) is 12.6 Å². The summed E-state index contributed by atoms with van der Waals surface area (Å²) in [7, 11) is 0. The second kappa shape index (κ2) is 11.8. The minimum Gasteiger partial charge on any atom is -0.452 e. The normalized spacial score (nSPS) is 10.8. The van der Waals surface area contributed by atoms with Gasteiger partial charge in [-0.15, -0.1) is 0 Å². The molecule has 0 aromatic heterocycles. The van der Waals surface area contributed by atoms with Crippen molar-refractivity contribution in [2.24, 2.45) is 5.41 Å². The first-order chi connectivity index (χ1) is 9.48. The van der Waals surface area contributed by atoms with Gasteiger partial charge in [0.25, 0.3) is 0 Å². The lowest BCUT2D eigenvalue weighted by atomic mass is 9.97. The van der Waals surface area contributed by atoms with Crippen LogP contribution in [0, 0.1) is 17.3 Å². The van der Waals surface area contributed by atoms with Crippen LogP contribution in [-0.2, 0) is 9.53 Å². The molecular weight excluding hydrogens is 248 g/mol. The maximum Gasteiger partial charge on any atom is 0.312 e. The molecule has 0 N–H and O–H groups in total. The highest BCUT2D eigenvalue weighted by atomic mass is 16.5. The molecule has 0 radical (unpaired) electrons. The first kappa shape index (κ1) is 19.0. The third kappa shape index (κ3) is 12.1. The number of unbranched alkanes of at least 4 members (excludes halogenated alkanes) is 8. The van der Waals surface area contributed by atoms with Crippen LogP contribution in [0.2, 0.25) is 0 Å². The van der Waals surface area contributed by atoms with Crippen molar-refractivity contribution in [3.05, 3.63) is 0 Å². The van der Waals surface area contributed by atoms with Crippen LogP contribution in [0.3, 0.4) is 0 Å². The molecule has 0 amide bonds. The maximum atomic E-state index is 11.5. The summed E-state index contributed by atoms with van der Waals surface area (Å²) in [5, 5.41) is 0. The van der Waals surface area contributed by atoms with E-state index in [4.69, 9.17) is 4.74 Å². The Labute approximate surface area is 125 Å². The van der Waals surface area contributed by atoms with E-state index < -0.39 is 5.41 Å². The number of hydrogen-bond acceptors (Lipinski definition) is 2. The van der Waals surface area contributed by atoms with Crippen LogP contribution in [0.25, 0.3) is 0 Å². The van der Waals surface area contributed by atoms with Crippen molar-refractivity contribution in [3.8, 4) is 11.8 Å². The first-order valence-electron chi connectivity index (χ1n) is 8.11. The monoisotopic (exact) mass is 280 g/mol. The smallest absolute Gasteiger partial charge is 0.312 e. The number of carbonyl (C=O) groups excluding carboxylic acids is 1. The first-order valence-corrected chi connectivity index (χ1v) is 8.11. The van der Waals surface area contributed by atoms with E-state index in [2.05, 4.69) is 18.8 Å². The molecule has 0 saturated heterocycles. The molecule has 0 spiro atoms. The van der Waals surface area contributed by atoms with E-state index in [0.29, 0.717) is 0 Å². The van der Waals surface area contributed by atoms with Crippen molar-refractivity contribution < 1.29 is 9.53 Å². The second-order valence-electron chi connectivity index (χ2n) is 6.40. The van der Waals surface area contributed by atoms with Crippen LogP contribution in [0.1, 0.15) is 85.5 Å². The topological polar surface area (TPSA) is 26.3 Å². The van der Waals surface area contributed by atoms with Crippen molar-refractivity contribution in [2.45, 2.75) is 85.5 Å². The summed E-state index contributed by atoms with van der Waals surface area (Å²) in [4.78, 5) is 11.5. The molecule has 0 aliphatic rings. The molecule has 0 aliphatic carbocycles. The van der Waals surface area contributed by atoms with Gasteiger partial charge >= 0.3 is 5.97 Å². The molecule has 0 fully saturated rings. The molecule has 116 valence electrons.